The van der Waals surface area contributed by atoms with Crippen molar-refractivity contribution in [1.29, 1.82) is 0 Å². The van der Waals surface area contributed by atoms with Crippen LogP contribution in [0.15, 0.2) is 0 Å². The maximum Gasteiger partial charge on any atom is 0.241 e. The zero-order valence-electron chi connectivity index (χ0n) is 11.8. The first-order valence-electron chi connectivity index (χ1n) is 7.26. The van der Waals surface area contributed by atoms with E-state index >= 15 is 0 Å². The normalized spacial score (nSPS) is 32.8. The SMILES string of the molecule is CC(C)CC1NC(C)N(CCC2CCCO2)C1=O. The molecule has 0 aromatic carbocycles. The number of carbonyl (C=O) groups is 1. The lowest BCUT2D eigenvalue weighted by Gasteiger charge is -2.22. The van der Waals surface area contributed by atoms with Crippen molar-refractivity contribution < 1.29 is 9.53 Å². The molecule has 0 aromatic heterocycles. The number of nitrogens with zero attached hydrogens (tertiary/aromatic N) is 1. The van der Waals surface area contributed by atoms with E-state index in [1.807, 2.05) is 4.90 Å². The molecule has 1 N–H and O–H groups in total. The van der Waals surface area contributed by atoms with Crippen LogP contribution < -0.4 is 5.32 Å². The molecule has 3 atom stereocenters. The maximum absolute atomic E-state index is 12.3. The van der Waals surface area contributed by atoms with E-state index in [0.29, 0.717) is 12.0 Å². The minimum Gasteiger partial charge on any atom is -0.378 e. The van der Waals surface area contributed by atoms with Crippen LogP contribution in [-0.4, -0.2) is 42.3 Å². The van der Waals surface area contributed by atoms with Gasteiger partial charge in [0.25, 0.3) is 0 Å². The number of hydrogen-bond acceptors (Lipinski definition) is 3. The minimum absolute atomic E-state index is 0.0181. The standard InChI is InChI=1S/C14H26N2O2/c1-10(2)9-13-14(17)16(11(3)15-13)7-6-12-5-4-8-18-12/h10-13,15H,4-9H2,1-3H3. The molecule has 0 spiro atoms. The summed E-state index contributed by atoms with van der Waals surface area (Å²) in [5, 5.41) is 3.40. The largest absolute Gasteiger partial charge is 0.378 e. The molecule has 2 aliphatic rings. The van der Waals surface area contributed by atoms with E-state index in [1.54, 1.807) is 0 Å². The molecule has 2 heterocycles. The van der Waals surface area contributed by atoms with Crippen molar-refractivity contribution >= 4 is 5.91 Å². The van der Waals surface area contributed by atoms with Crippen molar-refractivity contribution in [3.63, 3.8) is 0 Å². The minimum atomic E-state index is 0.0181. The van der Waals surface area contributed by atoms with Gasteiger partial charge >= 0.3 is 0 Å². The molecule has 4 heteroatoms. The van der Waals surface area contributed by atoms with Gasteiger partial charge in [-0.3, -0.25) is 10.1 Å². The van der Waals surface area contributed by atoms with E-state index in [-0.39, 0.29) is 18.1 Å². The molecule has 4 nitrogen and oxygen atoms in total. The molecular weight excluding hydrogens is 228 g/mol. The van der Waals surface area contributed by atoms with Crippen LogP contribution in [0.25, 0.3) is 0 Å². The van der Waals surface area contributed by atoms with Crippen molar-refractivity contribution in [2.45, 2.75) is 64.8 Å². The lowest BCUT2D eigenvalue weighted by atomic mass is 10.0. The molecule has 0 aromatic rings. The molecule has 2 aliphatic heterocycles. The third-order valence-electron chi connectivity index (χ3n) is 3.91. The summed E-state index contributed by atoms with van der Waals surface area (Å²) in [5.74, 6) is 0.825. The quantitative estimate of drug-likeness (QED) is 0.812. The fourth-order valence-corrected chi connectivity index (χ4v) is 2.94. The van der Waals surface area contributed by atoms with Crippen LogP contribution >= 0.6 is 0 Å². The number of amides is 1. The monoisotopic (exact) mass is 254 g/mol. The number of hydrogen-bond donors (Lipinski definition) is 1. The first-order chi connectivity index (χ1) is 8.58. The topological polar surface area (TPSA) is 41.6 Å². The lowest BCUT2D eigenvalue weighted by Crippen LogP contribution is -2.36. The molecule has 3 unspecified atom stereocenters. The highest BCUT2D eigenvalue weighted by molar-refractivity contribution is 5.84. The summed E-state index contributed by atoms with van der Waals surface area (Å²) in [5.41, 5.74) is 0. The highest BCUT2D eigenvalue weighted by Gasteiger charge is 2.36. The molecule has 0 bridgehead atoms. The number of rotatable bonds is 5. The van der Waals surface area contributed by atoms with Crippen LogP contribution in [0.1, 0.15) is 46.5 Å². The predicted octanol–water partition coefficient (Wildman–Crippen LogP) is 1.75. The Kier molecular flexibility index (Phi) is 4.62. The van der Waals surface area contributed by atoms with Crippen LogP contribution in [0.3, 0.4) is 0 Å². The fraction of sp³-hybridized carbons (Fsp3) is 0.929. The maximum atomic E-state index is 12.3. The van der Waals surface area contributed by atoms with Crippen molar-refractivity contribution in [2.75, 3.05) is 13.2 Å². The van der Waals surface area contributed by atoms with Crippen LogP contribution in [0.2, 0.25) is 0 Å². The van der Waals surface area contributed by atoms with Gasteiger partial charge < -0.3 is 9.64 Å². The van der Waals surface area contributed by atoms with E-state index in [4.69, 9.17) is 4.74 Å². The Morgan fingerprint density at radius 3 is 2.89 bits per heavy atom. The average Bonchev–Trinajstić information content (AvgIpc) is 2.87. The zero-order valence-corrected chi connectivity index (χ0v) is 11.8. The van der Waals surface area contributed by atoms with Crippen LogP contribution in [0.5, 0.6) is 0 Å². The Morgan fingerprint density at radius 2 is 2.28 bits per heavy atom. The Balaban J connectivity index is 1.82. The van der Waals surface area contributed by atoms with Gasteiger partial charge in [0, 0.05) is 13.2 Å². The Bertz CT molecular complexity index is 288. The summed E-state index contributed by atoms with van der Waals surface area (Å²) >= 11 is 0. The van der Waals surface area contributed by atoms with E-state index in [9.17, 15) is 4.79 Å². The van der Waals surface area contributed by atoms with E-state index in [2.05, 4.69) is 26.1 Å². The summed E-state index contributed by atoms with van der Waals surface area (Å²) in [6.07, 6.45) is 4.77. The molecule has 0 aliphatic carbocycles. The van der Waals surface area contributed by atoms with Crippen molar-refractivity contribution in [2.24, 2.45) is 5.92 Å². The Morgan fingerprint density at radius 1 is 1.50 bits per heavy atom. The smallest absolute Gasteiger partial charge is 0.241 e. The van der Waals surface area contributed by atoms with Crippen molar-refractivity contribution in [3.8, 4) is 0 Å². The van der Waals surface area contributed by atoms with Gasteiger partial charge in [0.2, 0.25) is 5.91 Å². The average molecular weight is 254 g/mol. The Hall–Kier alpha value is -0.610. The van der Waals surface area contributed by atoms with Gasteiger partial charge in [-0.15, -0.1) is 0 Å². The van der Waals surface area contributed by atoms with Gasteiger partial charge in [-0.1, -0.05) is 13.8 Å². The van der Waals surface area contributed by atoms with Crippen LogP contribution in [0.4, 0.5) is 0 Å². The molecule has 2 saturated heterocycles. The molecule has 0 radical (unpaired) electrons. The van der Waals surface area contributed by atoms with Gasteiger partial charge in [0.15, 0.2) is 0 Å². The first-order valence-corrected chi connectivity index (χ1v) is 7.26. The molecule has 0 saturated carbocycles. The first kappa shape index (κ1) is 13.8. The molecule has 18 heavy (non-hydrogen) atoms. The summed E-state index contributed by atoms with van der Waals surface area (Å²) in [6.45, 7) is 8.12. The summed E-state index contributed by atoms with van der Waals surface area (Å²) in [4.78, 5) is 14.3. The fourth-order valence-electron chi connectivity index (χ4n) is 2.94. The van der Waals surface area contributed by atoms with E-state index in [0.717, 1.165) is 32.4 Å². The molecule has 2 rings (SSSR count). The van der Waals surface area contributed by atoms with Gasteiger partial charge in [-0.2, -0.15) is 0 Å². The number of nitrogens with one attached hydrogen (secondary N) is 1. The van der Waals surface area contributed by atoms with Crippen LogP contribution in [-0.2, 0) is 9.53 Å². The molecule has 2 fully saturated rings. The molecular formula is C14H26N2O2. The molecule has 104 valence electrons. The van der Waals surface area contributed by atoms with E-state index in [1.165, 1.54) is 6.42 Å². The number of carbonyl (C=O) groups excluding carboxylic acids is 1. The number of ether oxygens (including phenoxy) is 1. The van der Waals surface area contributed by atoms with E-state index < -0.39 is 0 Å². The third-order valence-corrected chi connectivity index (χ3v) is 3.91. The van der Waals surface area contributed by atoms with Crippen molar-refractivity contribution in [3.05, 3.63) is 0 Å². The third kappa shape index (κ3) is 3.23. The van der Waals surface area contributed by atoms with Gasteiger partial charge in [-0.05, 0) is 38.5 Å². The lowest BCUT2D eigenvalue weighted by molar-refractivity contribution is -0.130. The summed E-state index contributed by atoms with van der Waals surface area (Å²) in [6, 6.07) is 0.0181. The second kappa shape index (κ2) is 6.02. The van der Waals surface area contributed by atoms with Crippen LogP contribution in [0, 0.1) is 5.92 Å². The highest BCUT2D eigenvalue weighted by atomic mass is 16.5. The zero-order chi connectivity index (χ0) is 13.1. The Labute approximate surface area is 110 Å². The van der Waals surface area contributed by atoms with Crippen molar-refractivity contribution in [1.82, 2.24) is 10.2 Å². The van der Waals surface area contributed by atoms with Gasteiger partial charge in [-0.25, -0.2) is 0 Å². The molecule has 1 amide bonds. The summed E-state index contributed by atoms with van der Waals surface area (Å²) in [7, 11) is 0. The van der Waals surface area contributed by atoms with Gasteiger partial charge in [0.1, 0.15) is 0 Å². The second-order valence-corrected chi connectivity index (χ2v) is 5.98. The second-order valence-electron chi connectivity index (χ2n) is 5.98. The highest BCUT2D eigenvalue weighted by Crippen LogP contribution is 2.20. The van der Waals surface area contributed by atoms with Gasteiger partial charge in [0.05, 0.1) is 18.3 Å². The summed E-state index contributed by atoms with van der Waals surface area (Å²) < 4.78 is 5.62. The predicted molar refractivity (Wildman–Crippen MR) is 71.1 cm³/mol.